The van der Waals surface area contributed by atoms with Crippen LogP contribution in [0.1, 0.15) is 13.8 Å². The zero-order chi connectivity index (χ0) is 22.7. The van der Waals surface area contributed by atoms with Gasteiger partial charge in [-0.1, -0.05) is 53.8 Å². The molecule has 2 heterocycles. The number of halogens is 1. The van der Waals surface area contributed by atoms with Crippen LogP contribution in [0, 0.1) is 11.2 Å². The zero-order valence-electron chi connectivity index (χ0n) is 17.7. The van der Waals surface area contributed by atoms with E-state index in [1.807, 2.05) is 36.4 Å². The van der Waals surface area contributed by atoms with Crippen LogP contribution in [0.3, 0.4) is 0 Å². The number of aliphatic carboxylic acids is 1. The lowest BCUT2D eigenvalue weighted by molar-refractivity contribution is -0.146. The van der Waals surface area contributed by atoms with E-state index in [0.29, 0.717) is 5.13 Å². The van der Waals surface area contributed by atoms with Crippen molar-refractivity contribution in [2.75, 3.05) is 11.9 Å². The first kappa shape index (κ1) is 21.6. The molecule has 162 valence electrons. The van der Waals surface area contributed by atoms with Crippen LogP contribution in [0.25, 0.3) is 32.8 Å². The molecule has 0 bridgehead atoms. The SMILES string of the molecule is CC(C)(CNc1nc(-c2ccc(-c3ccc(F)cc3)cc2)c(-c2cccnc2)s1)C(=O)O. The molecule has 0 aliphatic carbocycles. The summed E-state index contributed by atoms with van der Waals surface area (Å²) >= 11 is 1.47. The molecule has 0 aliphatic rings. The molecule has 2 aromatic carbocycles. The van der Waals surface area contributed by atoms with Crippen LogP contribution >= 0.6 is 11.3 Å². The Morgan fingerprint density at radius 3 is 2.22 bits per heavy atom. The second kappa shape index (κ2) is 8.88. The van der Waals surface area contributed by atoms with Gasteiger partial charge in [0.25, 0.3) is 0 Å². The minimum absolute atomic E-state index is 0.255. The number of pyridine rings is 1. The standard InChI is InChI=1S/C25H22FN3O2S/c1-25(2,23(30)31)15-28-24-29-21(22(32-24)19-4-3-13-27-14-19)18-7-5-16(6-8-18)17-9-11-20(26)12-10-17/h3-14H,15H2,1-2H3,(H,28,29)(H,30,31). The highest BCUT2D eigenvalue weighted by Gasteiger charge is 2.27. The van der Waals surface area contributed by atoms with E-state index in [1.54, 1.807) is 38.4 Å². The quantitative estimate of drug-likeness (QED) is 0.353. The summed E-state index contributed by atoms with van der Waals surface area (Å²) in [5, 5.41) is 13.2. The zero-order valence-corrected chi connectivity index (χ0v) is 18.5. The summed E-state index contributed by atoms with van der Waals surface area (Å²) in [6.45, 7) is 3.60. The van der Waals surface area contributed by atoms with Crippen molar-refractivity contribution in [3.8, 4) is 32.8 Å². The Morgan fingerprint density at radius 2 is 1.62 bits per heavy atom. The van der Waals surface area contributed by atoms with E-state index in [1.165, 1.54) is 23.5 Å². The van der Waals surface area contributed by atoms with Crippen molar-refractivity contribution in [2.45, 2.75) is 13.8 Å². The van der Waals surface area contributed by atoms with Crippen molar-refractivity contribution in [3.05, 3.63) is 78.9 Å². The summed E-state index contributed by atoms with van der Waals surface area (Å²) in [4.78, 5) is 21.4. The van der Waals surface area contributed by atoms with Gasteiger partial charge < -0.3 is 10.4 Å². The van der Waals surface area contributed by atoms with Crippen molar-refractivity contribution in [3.63, 3.8) is 0 Å². The molecule has 4 aromatic rings. The van der Waals surface area contributed by atoms with E-state index in [0.717, 1.165) is 32.8 Å². The molecular weight excluding hydrogens is 425 g/mol. The molecule has 2 aromatic heterocycles. The highest BCUT2D eigenvalue weighted by molar-refractivity contribution is 7.19. The van der Waals surface area contributed by atoms with Gasteiger partial charge in [0.1, 0.15) is 5.82 Å². The fourth-order valence-electron chi connectivity index (χ4n) is 3.12. The Morgan fingerprint density at radius 1 is 1.00 bits per heavy atom. The van der Waals surface area contributed by atoms with Crippen LogP contribution in [0.5, 0.6) is 0 Å². The normalized spacial score (nSPS) is 11.3. The summed E-state index contributed by atoms with van der Waals surface area (Å²) in [7, 11) is 0. The molecule has 4 rings (SSSR count). The summed E-state index contributed by atoms with van der Waals surface area (Å²) in [5.41, 5.74) is 3.65. The minimum Gasteiger partial charge on any atom is -0.481 e. The van der Waals surface area contributed by atoms with Crippen LogP contribution in [0.2, 0.25) is 0 Å². The predicted octanol–water partition coefficient (Wildman–Crippen LogP) is 6.20. The number of aromatic nitrogens is 2. The van der Waals surface area contributed by atoms with Crippen molar-refractivity contribution in [1.29, 1.82) is 0 Å². The molecule has 0 unspecified atom stereocenters. The van der Waals surface area contributed by atoms with E-state index < -0.39 is 11.4 Å². The fraction of sp³-hybridized carbons (Fsp3) is 0.160. The maximum Gasteiger partial charge on any atom is 0.310 e. The second-order valence-corrected chi connectivity index (χ2v) is 9.06. The van der Waals surface area contributed by atoms with Gasteiger partial charge in [0.05, 0.1) is 16.0 Å². The molecule has 0 saturated heterocycles. The molecule has 0 fully saturated rings. The third-order valence-corrected chi connectivity index (χ3v) is 6.21. The lowest BCUT2D eigenvalue weighted by Crippen LogP contribution is -2.31. The molecule has 0 radical (unpaired) electrons. The van der Waals surface area contributed by atoms with Gasteiger partial charge in [0, 0.05) is 30.1 Å². The topological polar surface area (TPSA) is 75.1 Å². The number of hydrogen-bond donors (Lipinski definition) is 2. The van der Waals surface area contributed by atoms with Gasteiger partial charge in [-0.25, -0.2) is 9.37 Å². The second-order valence-electron chi connectivity index (χ2n) is 8.07. The van der Waals surface area contributed by atoms with Gasteiger partial charge in [0.2, 0.25) is 0 Å². The van der Waals surface area contributed by atoms with E-state index in [2.05, 4.69) is 10.3 Å². The first-order valence-electron chi connectivity index (χ1n) is 10.1. The van der Waals surface area contributed by atoms with Gasteiger partial charge in [0.15, 0.2) is 5.13 Å². The lowest BCUT2D eigenvalue weighted by atomic mass is 9.94. The van der Waals surface area contributed by atoms with Gasteiger partial charge in [-0.05, 0) is 43.2 Å². The number of carboxylic acid groups (broad SMARTS) is 1. The molecular formula is C25H22FN3O2S. The van der Waals surface area contributed by atoms with E-state index in [9.17, 15) is 14.3 Å². The Kier molecular flexibility index (Phi) is 6.01. The molecule has 0 aliphatic heterocycles. The average Bonchev–Trinajstić information content (AvgIpc) is 3.23. The highest BCUT2D eigenvalue weighted by Crippen LogP contribution is 2.39. The number of carbonyl (C=O) groups is 1. The van der Waals surface area contributed by atoms with Crippen LogP contribution in [-0.2, 0) is 4.79 Å². The van der Waals surface area contributed by atoms with Crippen molar-refractivity contribution >= 4 is 22.4 Å². The maximum atomic E-state index is 13.2. The molecule has 0 saturated carbocycles. The van der Waals surface area contributed by atoms with E-state index >= 15 is 0 Å². The van der Waals surface area contributed by atoms with Gasteiger partial charge in [-0.15, -0.1) is 0 Å². The van der Waals surface area contributed by atoms with Crippen LogP contribution < -0.4 is 5.32 Å². The molecule has 2 N–H and O–H groups in total. The van der Waals surface area contributed by atoms with Crippen LogP contribution in [-0.4, -0.2) is 27.6 Å². The summed E-state index contributed by atoms with van der Waals surface area (Å²) in [6.07, 6.45) is 3.51. The monoisotopic (exact) mass is 447 g/mol. The average molecular weight is 448 g/mol. The molecule has 0 amide bonds. The fourth-order valence-corrected chi connectivity index (χ4v) is 4.09. The van der Waals surface area contributed by atoms with E-state index in [-0.39, 0.29) is 12.4 Å². The minimum atomic E-state index is -0.920. The number of anilines is 1. The largest absolute Gasteiger partial charge is 0.481 e. The Balaban J connectivity index is 1.68. The van der Waals surface area contributed by atoms with Gasteiger partial charge in [-0.3, -0.25) is 9.78 Å². The Hall–Kier alpha value is -3.58. The summed E-state index contributed by atoms with van der Waals surface area (Å²) < 4.78 is 13.2. The van der Waals surface area contributed by atoms with Crippen molar-refractivity contribution in [1.82, 2.24) is 9.97 Å². The molecule has 32 heavy (non-hydrogen) atoms. The summed E-state index contributed by atoms with van der Waals surface area (Å²) in [6, 6.07) is 18.2. The van der Waals surface area contributed by atoms with Crippen molar-refractivity contribution in [2.24, 2.45) is 5.41 Å². The predicted molar refractivity (Wildman–Crippen MR) is 126 cm³/mol. The number of nitrogens with zero attached hydrogens (tertiary/aromatic N) is 2. The smallest absolute Gasteiger partial charge is 0.310 e. The number of nitrogens with one attached hydrogen (secondary N) is 1. The van der Waals surface area contributed by atoms with Gasteiger partial charge in [-0.2, -0.15) is 0 Å². The third-order valence-electron chi connectivity index (χ3n) is 5.15. The molecule has 0 spiro atoms. The number of benzene rings is 2. The maximum absolute atomic E-state index is 13.2. The first-order valence-corrected chi connectivity index (χ1v) is 10.9. The number of thiazole rings is 1. The molecule has 0 atom stereocenters. The first-order chi connectivity index (χ1) is 15.3. The Labute approximate surface area is 189 Å². The van der Waals surface area contributed by atoms with E-state index in [4.69, 9.17) is 4.98 Å². The molecule has 5 nitrogen and oxygen atoms in total. The number of hydrogen-bond acceptors (Lipinski definition) is 5. The number of rotatable bonds is 7. The van der Waals surface area contributed by atoms with Crippen molar-refractivity contribution < 1.29 is 14.3 Å². The third kappa shape index (κ3) is 4.68. The van der Waals surface area contributed by atoms with Crippen LogP contribution in [0.4, 0.5) is 9.52 Å². The number of carboxylic acids is 1. The Bertz CT molecular complexity index is 1220. The van der Waals surface area contributed by atoms with Gasteiger partial charge >= 0.3 is 5.97 Å². The van der Waals surface area contributed by atoms with Crippen LogP contribution in [0.15, 0.2) is 73.1 Å². The highest BCUT2D eigenvalue weighted by atomic mass is 32.1. The lowest BCUT2D eigenvalue weighted by Gasteiger charge is -2.18. The molecule has 7 heteroatoms. The summed E-state index contributed by atoms with van der Waals surface area (Å²) in [5.74, 6) is -1.13.